The monoisotopic (exact) mass is 320 g/mol. The van der Waals surface area contributed by atoms with Gasteiger partial charge >= 0.3 is 11.9 Å². The first-order valence-corrected chi connectivity index (χ1v) is 8.23. The molecule has 0 aliphatic carbocycles. The van der Waals surface area contributed by atoms with Gasteiger partial charge in [-0.3, -0.25) is 9.59 Å². The predicted molar refractivity (Wildman–Crippen MR) is 72.6 cm³/mol. The van der Waals surface area contributed by atoms with Crippen LogP contribution in [-0.2, 0) is 24.5 Å². The second-order valence-electron chi connectivity index (χ2n) is 5.46. The molecule has 2 aliphatic heterocycles. The quantitative estimate of drug-likeness (QED) is 0.672. The summed E-state index contributed by atoms with van der Waals surface area (Å²) in [5.74, 6) is -2.06. The van der Waals surface area contributed by atoms with Crippen molar-refractivity contribution in [2.24, 2.45) is 5.92 Å². The molecular formula is C12H20N2O6S. The summed E-state index contributed by atoms with van der Waals surface area (Å²) in [6.45, 7) is 0.0166. The summed E-state index contributed by atoms with van der Waals surface area (Å²) >= 11 is 0. The molecule has 3 atom stereocenters. The number of carbonyl (C=O) groups excluding carboxylic acids is 1. The summed E-state index contributed by atoms with van der Waals surface area (Å²) in [6, 6.07) is -0.722. The van der Waals surface area contributed by atoms with Crippen molar-refractivity contribution in [3.05, 3.63) is 0 Å². The number of esters is 1. The highest BCUT2D eigenvalue weighted by Gasteiger charge is 2.54. The second kappa shape index (κ2) is 5.90. The third-order valence-electron chi connectivity index (χ3n) is 4.31. The highest BCUT2D eigenvalue weighted by molar-refractivity contribution is 7.86. The smallest absolute Gasteiger partial charge is 0.308 e. The summed E-state index contributed by atoms with van der Waals surface area (Å²) < 4.78 is 32.0. The number of carboxylic acids is 1. The van der Waals surface area contributed by atoms with E-state index in [2.05, 4.69) is 4.74 Å². The van der Waals surface area contributed by atoms with Crippen LogP contribution >= 0.6 is 0 Å². The zero-order chi connectivity index (χ0) is 15.8. The van der Waals surface area contributed by atoms with E-state index in [0.717, 1.165) is 4.31 Å². The van der Waals surface area contributed by atoms with Crippen molar-refractivity contribution in [3.8, 4) is 0 Å². The Morgan fingerprint density at radius 3 is 2.57 bits per heavy atom. The van der Waals surface area contributed by atoms with Crippen molar-refractivity contribution < 1.29 is 27.9 Å². The van der Waals surface area contributed by atoms with Crippen LogP contribution in [0.3, 0.4) is 0 Å². The van der Waals surface area contributed by atoms with E-state index in [4.69, 9.17) is 5.11 Å². The molecule has 0 amide bonds. The van der Waals surface area contributed by atoms with Crippen molar-refractivity contribution in [2.45, 2.75) is 37.8 Å². The molecule has 2 aliphatic rings. The summed E-state index contributed by atoms with van der Waals surface area (Å²) in [5, 5.41) is 9.17. The van der Waals surface area contributed by atoms with Crippen LogP contribution in [0.15, 0.2) is 0 Å². The molecule has 0 aromatic carbocycles. The molecule has 2 saturated heterocycles. The zero-order valence-electron chi connectivity index (χ0n) is 12.1. The summed E-state index contributed by atoms with van der Waals surface area (Å²) in [4.78, 5) is 22.3. The van der Waals surface area contributed by atoms with E-state index in [-0.39, 0.29) is 19.0 Å². The number of hydrogen-bond donors (Lipinski definition) is 1. The summed E-state index contributed by atoms with van der Waals surface area (Å²) in [5.41, 5.74) is 0. The number of ether oxygens (including phenoxy) is 1. The Bertz CT molecular complexity index is 534. The maximum Gasteiger partial charge on any atom is 0.308 e. The number of carbonyl (C=O) groups is 2. The summed E-state index contributed by atoms with van der Waals surface area (Å²) in [6.07, 6.45) is 1.60. The average Bonchev–Trinajstić information content (AvgIpc) is 3.02. The lowest BCUT2D eigenvalue weighted by molar-refractivity contribution is -0.142. The Labute approximate surface area is 123 Å². The van der Waals surface area contributed by atoms with Crippen LogP contribution in [0.25, 0.3) is 0 Å². The number of fused-ring (bicyclic) bond motifs is 2. The topological polar surface area (TPSA) is 104 Å². The minimum atomic E-state index is -3.75. The van der Waals surface area contributed by atoms with Gasteiger partial charge in [0.2, 0.25) is 0 Å². The first kappa shape index (κ1) is 16.2. The molecule has 0 aromatic rings. The molecule has 2 rings (SSSR count). The van der Waals surface area contributed by atoms with Gasteiger partial charge in [0.25, 0.3) is 10.2 Å². The van der Waals surface area contributed by atoms with Gasteiger partial charge in [0.15, 0.2) is 0 Å². The van der Waals surface area contributed by atoms with Gasteiger partial charge in [0, 0.05) is 25.7 Å². The predicted octanol–water partition coefficient (Wildman–Crippen LogP) is -0.336. The van der Waals surface area contributed by atoms with E-state index in [9.17, 15) is 18.0 Å². The number of methoxy groups -OCH3 is 1. The van der Waals surface area contributed by atoms with Gasteiger partial charge in [0.1, 0.15) is 0 Å². The zero-order valence-corrected chi connectivity index (χ0v) is 12.9. The van der Waals surface area contributed by atoms with Gasteiger partial charge in [0.05, 0.1) is 19.4 Å². The van der Waals surface area contributed by atoms with E-state index in [1.807, 2.05) is 0 Å². The normalized spacial score (nSPS) is 29.0. The maximum absolute atomic E-state index is 12.6. The molecule has 9 heteroatoms. The van der Waals surface area contributed by atoms with Gasteiger partial charge in [-0.2, -0.15) is 17.0 Å². The van der Waals surface area contributed by atoms with E-state index in [1.54, 1.807) is 0 Å². The summed E-state index contributed by atoms with van der Waals surface area (Å²) in [7, 11) is -1.11. The molecule has 8 nitrogen and oxygen atoms in total. The molecule has 0 saturated carbocycles. The standard InChI is InChI=1S/C12H20N2O6S/c1-13(6-5-11(15)20-2)21(18,19)14-8-3-4-10(14)9(7-8)12(16)17/h8-10H,3-7H2,1-2H3,(H,16,17). The number of aliphatic carboxylic acids is 1. The van der Waals surface area contributed by atoms with Crippen LogP contribution in [0, 0.1) is 5.92 Å². The Balaban J connectivity index is 2.10. The maximum atomic E-state index is 12.6. The fourth-order valence-corrected chi connectivity index (χ4v) is 5.00. The van der Waals surface area contributed by atoms with Crippen molar-refractivity contribution in [2.75, 3.05) is 20.7 Å². The van der Waals surface area contributed by atoms with Crippen LogP contribution in [0.4, 0.5) is 0 Å². The lowest BCUT2D eigenvalue weighted by Crippen LogP contribution is -2.46. The van der Waals surface area contributed by atoms with Crippen LogP contribution in [0.1, 0.15) is 25.7 Å². The van der Waals surface area contributed by atoms with Gasteiger partial charge in [-0.1, -0.05) is 0 Å². The molecule has 2 bridgehead atoms. The van der Waals surface area contributed by atoms with E-state index in [0.29, 0.717) is 19.3 Å². The van der Waals surface area contributed by atoms with Crippen molar-refractivity contribution in [3.63, 3.8) is 0 Å². The Hall–Kier alpha value is -1.19. The first-order chi connectivity index (χ1) is 9.78. The Morgan fingerprint density at radius 2 is 2.05 bits per heavy atom. The molecule has 0 aromatic heterocycles. The van der Waals surface area contributed by atoms with Crippen LogP contribution in [0.5, 0.6) is 0 Å². The van der Waals surface area contributed by atoms with E-state index < -0.39 is 34.1 Å². The van der Waals surface area contributed by atoms with Gasteiger partial charge in [-0.05, 0) is 19.3 Å². The van der Waals surface area contributed by atoms with E-state index in [1.165, 1.54) is 18.5 Å². The number of rotatable bonds is 6. The molecule has 21 heavy (non-hydrogen) atoms. The van der Waals surface area contributed by atoms with Gasteiger partial charge in [-0.15, -0.1) is 0 Å². The highest BCUT2D eigenvalue weighted by Crippen LogP contribution is 2.44. The van der Waals surface area contributed by atoms with Crippen LogP contribution in [-0.4, -0.2) is 66.9 Å². The van der Waals surface area contributed by atoms with Crippen molar-refractivity contribution in [1.82, 2.24) is 8.61 Å². The Morgan fingerprint density at radius 1 is 1.38 bits per heavy atom. The average molecular weight is 320 g/mol. The number of carboxylic acid groups (broad SMARTS) is 1. The lowest BCUT2D eigenvalue weighted by atomic mass is 9.89. The number of nitrogens with zero attached hydrogens (tertiary/aromatic N) is 2. The Kier molecular flexibility index (Phi) is 4.54. The molecule has 120 valence electrons. The van der Waals surface area contributed by atoms with Crippen LogP contribution < -0.4 is 0 Å². The number of hydrogen-bond acceptors (Lipinski definition) is 5. The molecule has 0 spiro atoms. The minimum absolute atomic E-state index is 0.0166. The van der Waals surface area contributed by atoms with Gasteiger partial charge in [-0.25, -0.2) is 0 Å². The third kappa shape index (κ3) is 2.90. The molecule has 3 unspecified atom stereocenters. The fraction of sp³-hybridized carbons (Fsp3) is 0.833. The minimum Gasteiger partial charge on any atom is -0.481 e. The molecule has 2 fully saturated rings. The SMILES string of the molecule is COC(=O)CCN(C)S(=O)(=O)N1C2CCC1C(C(=O)O)C2. The molecule has 0 radical (unpaired) electrons. The molecule has 1 N–H and O–H groups in total. The fourth-order valence-electron chi connectivity index (χ4n) is 3.19. The lowest BCUT2D eigenvalue weighted by Gasteiger charge is -2.27. The molecular weight excluding hydrogens is 300 g/mol. The third-order valence-corrected chi connectivity index (χ3v) is 6.38. The highest BCUT2D eigenvalue weighted by atomic mass is 32.2. The van der Waals surface area contributed by atoms with Crippen molar-refractivity contribution in [1.29, 1.82) is 0 Å². The van der Waals surface area contributed by atoms with Crippen molar-refractivity contribution >= 4 is 22.1 Å². The van der Waals surface area contributed by atoms with E-state index >= 15 is 0 Å². The largest absolute Gasteiger partial charge is 0.481 e. The van der Waals surface area contributed by atoms with Gasteiger partial charge < -0.3 is 9.84 Å². The van der Waals surface area contributed by atoms with Crippen LogP contribution in [0.2, 0.25) is 0 Å². The first-order valence-electron chi connectivity index (χ1n) is 6.83. The molecule has 2 heterocycles. The second-order valence-corrected chi connectivity index (χ2v) is 7.40.